The van der Waals surface area contributed by atoms with Gasteiger partial charge in [0.25, 0.3) is 0 Å². The number of ether oxygens (including phenoxy) is 1. The molecule has 1 atom stereocenters. The maximum absolute atomic E-state index is 12.6. The number of amides is 1. The van der Waals surface area contributed by atoms with Gasteiger partial charge in [0.15, 0.2) is 5.13 Å². The topological polar surface area (TPSA) is 88.6 Å². The first-order chi connectivity index (χ1) is 11.9. The second-order valence-corrected chi connectivity index (χ2v) is 8.92. The van der Waals surface area contributed by atoms with Gasteiger partial charge in [0.05, 0.1) is 23.1 Å². The number of sulfonamides is 1. The number of nitrogens with one attached hydrogen (secondary N) is 1. The molecule has 3 rings (SSSR count). The van der Waals surface area contributed by atoms with E-state index in [4.69, 9.17) is 4.74 Å². The van der Waals surface area contributed by atoms with E-state index in [1.165, 1.54) is 15.6 Å². The van der Waals surface area contributed by atoms with E-state index >= 15 is 0 Å². The fraction of sp³-hybridized carbons (Fsp3) is 0.500. The van der Waals surface area contributed by atoms with Crippen molar-refractivity contribution in [1.82, 2.24) is 9.29 Å². The van der Waals surface area contributed by atoms with Crippen molar-refractivity contribution in [2.24, 2.45) is 0 Å². The molecule has 1 aliphatic heterocycles. The molecule has 1 fully saturated rings. The number of nitrogens with zero attached hydrogens (tertiary/aromatic N) is 2. The summed E-state index contributed by atoms with van der Waals surface area (Å²) in [6, 6.07) is 4.89. The summed E-state index contributed by atoms with van der Waals surface area (Å²) in [6.45, 7) is 2.88. The van der Waals surface area contributed by atoms with Crippen LogP contribution in [-0.2, 0) is 14.8 Å². The zero-order chi connectivity index (χ0) is 18.0. The van der Waals surface area contributed by atoms with E-state index in [-0.39, 0.29) is 5.91 Å². The van der Waals surface area contributed by atoms with E-state index in [9.17, 15) is 13.2 Å². The average molecular weight is 383 g/mol. The summed E-state index contributed by atoms with van der Waals surface area (Å²) in [5.41, 5.74) is 0.771. The number of benzene rings is 1. The Morgan fingerprint density at radius 3 is 2.96 bits per heavy atom. The van der Waals surface area contributed by atoms with Crippen LogP contribution in [0.4, 0.5) is 5.13 Å². The third kappa shape index (κ3) is 4.10. The minimum Gasteiger partial charge on any atom is -0.494 e. The molecular weight excluding hydrogens is 362 g/mol. The number of thiazole rings is 1. The highest BCUT2D eigenvalue weighted by Gasteiger charge is 2.34. The Bertz CT molecular complexity index is 879. The molecule has 0 radical (unpaired) electrons. The maximum Gasteiger partial charge on any atom is 0.244 e. The average Bonchev–Trinajstić information content (AvgIpc) is 2.96. The molecule has 0 bridgehead atoms. The summed E-state index contributed by atoms with van der Waals surface area (Å²) in [5.74, 6) is 0.432. The molecule has 2 heterocycles. The first kappa shape index (κ1) is 18.1. The van der Waals surface area contributed by atoms with E-state index in [1.54, 1.807) is 0 Å². The lowest BCUT2D eigenvalue weighted by Gasteiger charge is -2.32. The molecule has 1 aromatic carbocycles. The minimum absolute atomic E-state index is 0.325. The third-order valence-corrected chi connectivity index (χ3v) is 6.31. The van der Waals surface area contributed by atoms with Gasteiger partial charge >= 0.3 is 0 Å². The number of carbonyl (C=O) groups excluding carboxylic acids is 1. The van der Waals surface area contributed by atoms with Crippen molar-refractivity contribution in [3.8, 4) is 5.75 Å². The fourth-order valence-electron chi connectivity index (χ4n) is 2.97. The molecule has 2 aromatic rings. The van der Waals surface area contributed by atoms with E-state index < -0.39 is 16.1 Å². The lowest BCUT2D eigenvalue weighted by molar-refractivity contribution is -0.120. The number of hydrogen-bond acceptors (Lipinski definition) is 6. The first-order valence-electron chi connectivity index (χ1n) is 8.19. The number of anilines is 1. The Balaban J connectivity index is 1.78. The van der Waals surface area contributed by atoms with E-state index in [0.29, 0.717) is 24.7 Å². The predicted octanol–water partition coefficient (Wildman–Crippen LogP) is 2.45. The van der Waals surface area contributed by atoms with Crippen molar-refractivity contribution >= 4 is 42.6 Å². The van der Waals surface area contributed by atoms with Crippen LogP contribution in [0.1, 0.15) is 26.2 Å². The highest BCUT2D eigenvalue weighted by Crippen LogP contribution is 2.30. The number of piperidine rings is 1. The fourth-order valence-corrected chi connectivity index (χ4v) is 4.99. The van der Waals surface area contributed by atoms with Crippen LogP contribution in [0.3, 0.4) is 0 Å². The predicted molar refractivity (Wildman–Crippen MR) is 98.6 cm³/mol. The molecule has 1 aliphatic rings. The SMILES string of the molecule is CCOc1ccc2nc(NC(=O)C3CCCCN3S(C)(=O)=O)sc2c1. The molecule has 7 nitrogen and oxygen atoms in total. The lowest BCUT2D eigenvalue weighted by Crippen LogP contribution is -2.49. The van der Waals surface area contributed by atoms with Gasteiger partial charge in [-0.2, -0.15) is 4.31 Å². The van der Waals surface area contributed by atoms with E-state index in [2.05, 4.69) is 10.3 Å². The molecule has 1 saturated heterocycles. The van der Waals surface area contributed by atoms with Crippen molar-refractivity contribution in [3.63, 3.8) is 0 Å². The van der Waals surface area contributed by atoms with Crippen LogP contribution >= 0.6 is 11.3 Å². The molecule has 1 aromatic heterocycles. The summed E-state index contributed by atoms with van der Waals surface area (Å²) >= 11 is 1.35. The molecule has 1 N–H and O–H groups in total. The first-order valence-corrected chi connectivity index (χ1v) is 10.9. The lowest BCUT2D eigenvalue weighted by atomic mass is 10.0. The Kier molecular flexibility index (Phi) is 5.26. The van der Waals surface area contributed by atoms with E-state index in [0.717, 1.165) is 35.1 Å². The van der Waals surface area contributed by atoms with Crippen molar-refractivity contribution in [2.45, 2.75) is 32.2 Å². The van der Waals surface area contributed by atoms with Gasteiger partial charge in [-0.15, -0.1) is 0 Å². The summed E-state index contributed by atoms with van der Waals surface area (Å²) < 4.78 is 31.5. The van der Waals surface area contributed by atoms with Crippen molar-refractivity contribution in [3.05, 3.63) is 18.2 Å². The van der Waals surface area contributed by atoms with Gasteiger partial charge in [-0.05, 0) is 38.0 Å². The molecule has 25 heavy (non-hydrogen) atoms. The van der Waals surface area contributed by atoms with Gasteiger partial charge in [-0.25, -0.2) is 13.4 Å². The second kappa shape index (κ2) is 7.27. The van der Waals surface area contributed by atoms with Crippen molar-refractivity contribution in [1.29, 1.82) is 0 Å². The van der Waals surface area contributed by atoms with Gasteiger partial charge in [0.2, 0.25) is 15.9 Å². The maximum atomic E-state index is 12.6. The van der Waals surface area contributed by atoms with Gasteiger partial charge in [-0.3, -0.25) is 4.79 Å². The quantitative estimate of drug-likeness (QED) is 0.857. The summed E-state index contributed by atoms with van der Waals surface area (Å²) in [7, 11) is -3.41. The largest absolute Gasteiger partial charge is 0.494 e. The zero-order valence-corrected chi connectivity index (χ0v) is 15.8. The Labute approximate surface area is 151 Å². The van der Waals surface area contributed by atoms with Gasteiger partial charge in [0.1, 0.15) is 11.8 Å². The number of aromatic nitrogens is 1. The van der Waals surface area contributed by atoms with E-state index in [1.807, 2.05) is 25.1 Å². The monoisotopic (exact) mass is 383 g/mol. The van der Waals surface area contributed by atoms with Crippen LogP contribution in [-0.4, -0.2) is 49.1 Å². The molecule has 0 saturated carbocycles. The molecular formula is C16H21N3O4S2. The van der Waals surface area contributed by atoms with Crippen LogP contribution in [0.15, 0.2) is 18.2 Å². The molecule has 0 aliphatic carbocycles. The smallest absolute Gasteiger partial charge is 0.244 e. The standard InChI is InChI=1S/C16H21N3O4S2/c1-3-23-11-7-8-12-14(10-11)24-16(17-12)18-15(20)13-6-4-5-9-19(13)25(2,21)22/h7-8,10,13H,3-6,9H2,1-2H3,(H,17,18,20). The summed E-state index contributed by atoms with van der Waals surface area (Å²) in [5, 5.41) is 3.24. The number of carbonyl (C=O) groups is 1. The number of hydrogen-bond donors (Lipinski definition) is 1. The summed E-state index contributed by atoms with van der Waals surface area (Å²) in [4.78, 5) is 17.0. The van der Waals surface area contributed by atoms with Gasteiger partial charge in [-0.1, -0.05) is 17.8 Å². The number of rotatable bonds is 5. The Morgan fingerprint density at radius 1 is 1.44 bits per heavy atom. The third-order valence-electron chi connectivity index (χ3n) is 4.08. The highest BCUT2D eigenvalue weighted by atomic mass is 32.2. The highest BCUT2D eigenvalue weighted by molar-refractivity contribution is 7.88. The van der Waals surface area contributed by atoms with Gasteiger partial charge < -0.3 is 10.1 Å². The van der Waals surface area contributed by atoms with Crippen LogP contribution < -0.4 is 10.1 Å². The molecule has 0 spiro atoms. The van der Waals surface area contributed by atoms with Crippen molar-refractivity contribution < 1.29 is 17.9 Å². The normalized spacial score (nSPS) is 19.0. The zero-order valence-electron chi connectivity index (χ0n) is 14.2. The number of fused-ring (bicyclic) bond motifs is 1. The van der Waals surface area contributed by atoms with Crippen molar-refractivity contribution in [2.75, 3.05) is 24.7 Å². The molecule has 1 unspecified atom stereocenters. The van der Waals surface area contributed by atoms with Crippen LogP contribution in [0.5, 0.6) is 5.75 Å². The van der Waals surface area contributed by atoms with Crippen LogP contribution in [0.25, 0.3) is 10.2 Å². The molecule has 9 heteroatoms. The molecule has 136 valence electrons. The Morgan fingerprint density at radius 2 is 2.24 bits per heavy atom. The minimum atomic E-state index is -3.41. The van der Waals surface area contributed by atoms with Gasteiger partial charge in [0, 0.05) is 6.54 Å². The van der Waals surface area contributed by atoms with Crippen LogP contribution in [0.2, 0.25) is 0 Å². The summed E-state index contributed by atoms with van der Waals surface area (Å²) in [6.07, 6.45) is 3.28. The van der Waals surface area contributed by atoms with Crippen LogP contribution in [0, 0.1) is 0 Å². The molecule has 1 amide bonds. The second-order valence-electron chi connectivity index (χ2n) is 5.96. The Hall–Kier alpha value is -1.71.